The minimum absolute atomic E-state index is 0.128. The molecule has 20 heavy (non-hydrogen) atoms. The highest BCUT2D eigenvalue weighted by Gasteiger charge is 2.39. The van der Waals surface area contributed by atoms with Crippen molar-refractivity contribution < 1.29 is 14.4 Å². The van der Waals surface area contributed by atoms with Crippen molar-refractivity contribution in [2.45, 2.75) is 30.8 Å². The van der Waals surface area contributed by atoms with Crippen LogP contribution in [-0.4, -0.2) is 28.7 Å². The van der Waals surface area contributed by atoms with Crippen LogP contribution in [-0.2, 0) is 21.5 Å². The second-order valence-electron chi connectivity index (χ2n) is 4.98. The average Bonchev–Trinajstić information content (AvgIpc) is 2.76. The molecule has 1 aromatic carbocycles. The Balaban J connectivity index is 1.90. The van der Waals surface area contributed by atoms with Gasteiger partial charge in [-0.2, -0.15) is 0 Å². The lowest BCUT2D eigenvalue weighted by molar-refractivity contribution is -0.136. The number of alkyl halides is 1. The first-order chi connectivity index (χ1) is 9.61. The number of piperidine rings is 1. The molecule has 0 spiro atoms. The number of benzene rings is 1. The number of nitrogens with one attached hydrogen (secondary N) is 1. The van der Waals surface area contributed by atoms with E-state index in [2.05, 4.69) is 21.2 Å². The van der Waals surface area contributed by atoms with Crippen LogP contribution in [0, 0.1) is 0 Å². The van der Waals surface area contributed by atoms with Gasteiger partial charge >= 0.3 is 0 Å². The third kappa shape index (κ3) is 2.04. The Morgan fingerprint density at radius 1 is 1.30 bits per heavy atom. The maximum absolute atomic E-state index is 12.4. The van der Waals surface area contributed by atoms with E-state index in [1.807, 2.05) is 12.1 Å². The van der Waals surface area contributed by atoms with Crippen molar-refractivity contribution in [2.24, 2.45) is 0 Å². The summed E-state index contributed by atoms with van der Waals surface area (Å²) in [7, 11) is 0. The van der Waals surface area contributed by atoms with Gasteiger partial charge in [0.1, 0.15) is 6.04 Å². The largest absolute Gasteiger partial charge is 0.322 e. The number of fused-ring (bicyclic) bond motifs is 1. The van der Waals surface area contributed by atoms with E-state index in [-0.39, 0.29) is 24.1 Å². The fraction of sp³-hybridized carbons (Fsp3) is 0.357. The summed E-state index contributed by atoms with van der Waals surface area (Å²) < 4.78 is 0. The molecule has 0 aromatic heterocycles. The van der Waals surface area contributed by atoms with Crippen molar-refractivity contribution in [2.75, 3.05) is 0 Å². The molecule has 6 heteroatoms. The van der Waals surface area contributed by atoms with Gasteiger partial charge in [-0.15, -0.1) is 0 Å². The third-order valence-corrected chi connectivity index (χ3v) is 4.43. The molecular weight excluding hydrogens is 324 g/mol. The van der Waals surface area contributed by atoms with Crippen molar-refractivity contribution in [3.63, 3.8) is 0 Å². The smallest absolute Gasteiger partial charge is 0.255 e. The molecule has 1 saturated heterocycles. The molecule has 0 bridgehead atoms. The zero-order valence-corrected chi connectivity index (χ0v) is 12.3. The number of halogens is 1. The van der Waals surface area contributed by atoms with Crippen molar-refractivity contribution in [1.29, 1.82) is 0 Å². The number of carbonyl (C=O) groups is 3. The molecule has 1 fully saturated rings. The van der Waals surface area contributed by atoms with Crippen LogP contribution in [0.2, 0.25) is 0 Å². The summed E-state index contributed by atoms with van der Waals surface area (Å²) in [6, 6.07) is 5.06. The monoisotopic (exact) mass is 336 g/mol. The molecule has 2 aliphatic rings. The van der Waals surface area contributed by atoms with E-state index in [4.69, 9.17) is 0 Å². The van der Waals surface area contributed by atoms with Crippen LogP contribution in [0.1, 0.15) is 34.3 Å². The van der Waals surface area contributed by atoms with Gasteiger partial charge in [0.15, 0.2) is 0 Å². The molecule has 1 unspecified atom stereocenters. The summed E-state index contributed by atoms with van der Waals surface area (Å²) in [5.74, 6) is -0.767. The predicted molar refractivity (Wildman–Crippen MR) is 75.1 cm³/mol. The standard InChI is InChI=1S/C14H13BrN2O3/c15-6-8-2-1-3-9-10(8)7-17(14(9)20)11-4-5-12(18)16-13(11)19/h1-3,11H,4-7H2,(H,16,18,19). The first kappa shape index (κ1) is 13.3. The first-order valence-electron chi connectivity index (χ1n) is 6.43. The van der Waals surface area contributed by atoms with Gasteiger partial charge < -0.3 is 4.90 Å². The summed E-state index contributed by atoms with van der Waals surface area (Å²) in [6.45, 7) is 0.433. The van der Waals surface area contributed by atoms with Gasteiger partial charge in [-0.1, -0.05) is 28.1 Å². The lowest BCUT2D eigenvalue weighted by Gasteiger charge is -2.29. The highest BCUT2D eigenvalue weighted by molar-refractivity contribution is 9.08. The van der Waals surface area contributed by atoms with E-state index in [1.54, 1.807) is 11.0 Å². The molecule has 3 rings (SSSR count). The molecule has 0 aliphatic carbocycles. The Hall–Kier alpha value is -1.69. The molecule has 3 amide bonds. The molecule has 2 heterocycles. The van der Waals surface area contributed by atoms with Crippen LogP contribution in [0.5, 0.6) is 0 Å². The van der Waals surface area contributed by atoms with Crippen LogP contribution in [0.15, 0.2) is 18.2 Å². The molecule has 2 aliphatic heterocycles. The molecule has 5 nitrogen and oxygen atoms in total. The maximum Gasteiger partial charge on any atom is 0.255 e. The van der Waals surface area contributed by atoms with Gasteiger partial charge in [-0.25, -0.2) is 0 Å². The van der Waals surface area contributed by atoms with E-state index in [1.165, 1.54) is 0 Å². The number of amides is 3. The zero-order valence-electron chi connectivity index (χ0n) is 10.7. The van der Waals surface area contributed by atoms with Crippen LogP contribution < -0.4 is 5.32 Å². The van der Waals surface area contributed by atoms with E-state index in [9.17, 15) is 14.4 Å². The lowest BCUT2D eigenvalue weighted by Crippen LogP contribution is -2.52. The minimum Gasteiger partial charge on any atom is -0.322 e. The number of carbonyl (C=O) groups excluding carboxylic acids is 3. The Labute approximate surface area is 124 Å². The molecule has 1 atom stereocenters. The van der Waals surface area contributed by atoms with E-state index >= 15 is 0 Å². The van der Waals surface area contributed by atoms with E-state index in [0.29, 0.717) is 23.9 Å². The van der Waals surface area contributed by atoms with Gasteiger partial charge in [0.05, 0.1) is 0 Å². The van der Waals surface area contributed by atoms with Crippen LogP contribution >= 0.6 is 15.9 Å². The Kier molecular flexibility index (Phi) is 3.33. The van der Waals surface area contributed by atoms with Crippen molar-refractivity contribution in [1.82, 2.24) is 10.2 Å². The summed E-state index contributed by atoms with van der Waals surface area (Å²) >= 11 is 3.41. The number of hydrogen-bond acceptors (Lipinski definition) is 3. The van der Waals surface area contributed by atoms with Crippen molar-refractivity contribution in [3.05, 3.63) is 34.9 Å². The van der Waals surface area contributed by atoms with Gasteiger partial charge in [-0.3, -0.25) is 19.7 Å². The SMILES string of the molecule is O=C1CCC(N2Cc3c(CBr)cccc3C2=O)C(=O)N1. The number of imide groups is 1. The van der Waals surface area contributed by atoms with E-state index in [0.717, 1.165) is 11.1 Å². The summed E-state index contributed by atoms with van der Waals surface area (Å²) in [4.78, 5) is 37.1. The molecule has 0 radical (unpaired) electrons. The van der Waals surface area contributed by atoms with E-state index < -0.39 is 6.04 Å². The van der Waals surface area contributed by atoms with Crippen LogP contribution in [0.25, 0.3) is 0 Å². The third-order valence-electron chi connectivity index (χ3n) is 3.82. The zero-order chi connectivity index (χ0) is 14.3. The fourth-order valence-corrected chi connectivity index (χ4v) is 3.30. The summed E-state index contributed by atoms with van der Waals surface area (Å²) in [6.07, 6.45) is 0.676. The van der Waals surface area contributed by atoms with Gasteiger partial charge in [0, 0.05) is 23.9 Å². The average molecular weight is 337 g/mol. The Morgan fingerprint density at radius 2 is 2.10 bits per heavy atom. The number of nitrogens with zero attached hydrogens (tertiary/aromatic N) is 1. The molecule has 0 saturated carbocycles. The second kappa shape index (κ2) is 5.01. The molecule has 1 aromatic rings. The topological polar surface area (TPSA) is 66.5 Å². The summed E-state index contributed by atoms with van der Waals surface area (Å²) in [5, 5.41) is 2.97. The molecule has 104 valence electrons. The fourth-order valence-electron chi connectivity index (χ4n) is 2.78. The highest BCUT2D eigenvalue weighted by atomic mass is 79.9. The first-order valence-corrected chi connectivity index (χ1v) is 7.55. The maximum atomic E-state index is 12.4. The van der Waals surface area contributed by atoms with Gasteiger partial charge in [0.25, 0.3) is 5.91 Å². The Bertz CT molecular complexity index is 614. The molecule has 1 N–H and O–H groups in total. The number of rotatable bonds is 2. The lowest BCUT2D eigenvalue weighted by atomic mass is 10.0. The van der Waals surface area contributed by atoms with Gasteiger partial charge in [0.2, 0.25) is 11.8 Å². The van der Waals surface area contributed by atoms with Crippen LogP contribution in [0.4, 0.5) is 0 Å². The van der Waals surface area contributed by atoms with Crippen molar-refractivity contribution >= 4 is 33.7 Å². The quantitative estimate of drug-likeness (QED) is 0.654. The summed E-state index contributed by atoms with van der Waals surface area (Å²) in [5.41, 5.74) is 2.69. The normalized spacial score (nSPS) is 21.9. The highest BCUT2D eigenvalue weighted by Crippen LogP contribution is 2.30. The second-order valence-corrected chi connectivity index (χ2v) is 5.54. The Morgan fingerprint density at radius 3 is 2.80 bits per heavy atom. The predicted octanol–water partition coefficient (Wildman–Crippen LogP) is 1.34. The minimum atomic E-state index is -0.546. The van der Waals surface area contributed by atoms with Crippen molar-refractivity contribution in [3.8, 4) is 0 Å². The van der Waals surface area contributed by atoms with Crippen LogP contribution in [0.3, 0.4) is 0 Å². The number of hydrogen-bond donors (Lipinski definition) is 1. The van der Waals surface area contributed by atoms with Gasteiger partial charge in [-0.05, 0) is 23.6 Å². The molecular formula is C14H13BrN2O3.